The standard InChI is InChI=1S/C16H16N2O4/c1-9-14(15(18-22-9)10-2-3-10)16(19)17-12-4-5-13-11(6-12)7-20-8-21-13/h4-6,10H,2-3,7-8H2,1H3,(H,17,19). The number of aryl methyl sites for hydroxylation is 1. The summed E-state index contributed by atoms with van der Waals surface area (Å²) in [7, 11) is 0. The summed E-state index contributed by atoms with van der Waals surface area (Å²) >= 11 is 0. The Hall–Kier alpha value is -2.34. The second kappa shape index (κ2) is 5.14. The van der Waals surface area contributed by atoms with E-state index < -0.39 is 0 Å². The molecule has 0 bridgehead atoms. The Morgan fingerprint density at radius 1 is 1.36 bits per heavy atom. The summed E-state index contributed by atoms with van der Waals surface area (Å²) in [4.78, 5) is 12.5. The summed E-state index contributed by atoms with van der Waals surface area (Å²) in [6.07, 6.45) is 2.14. The van der Waals surface area contributed by atoms with Gasteiger partial charge in [-0.2, -0.15) is 0 Å². The molecule has 1 aliphatic carbocycles. The maximum absolute atomic E-state index is 12.5. The molecule has 0 spiro atoms. The second-order valence-corrected chi connectivity index (χ2v) is 5.66. The van der Waals surface area contributed by atoms with E-state index >= 15 is 0 Å². The van der Waals surface area contributed by atoms with Crippen LogP contribution in [0.4, 0.5) is 5.69 Å². The molecule has 22 heavy (non-hydrogen) atoms. The molecule has 0 unspecified atom stereocenters. The molecule has 1 aromatic heterocycles. The van der Waals surface area contributed by atoms with Crippen molar-refractivity contribution >= 4 is 11.6 Å². The lowest BCUT2D eigenvalue weighted by atomic mass is 10.1. The highest BCUT2D eigenvalue weighted by Crippen LogP contribution is 2.41. The van der Waals surface area contributed by atoms with Gasteiger partial charge in [-0.15, -0.1) is 0 Å². The van der Waals surface area contributed by atoms with E-state index in [2.05, 4.69) is 10.5 Å². The van der Waals surface area contributed by atoms with Gasteiger partial charge >= 0.3 is 0 Å². The van der Waals surface area contributed by atoms with E-state index in [1.807, 2.05) is 18.2 Å². The molecule has 1 aliphatic heterocycles. The molecule has 1 fully saturated rings. The van der Waals surface area contributed by atoms with Gasteiger partial charge in [0.25, 0.3) is 5.91 Å². The SMILES string of the molecule is Cc1onc(C2CC2)c1C(=O)Nc1ccc2c(c1)COCO2. The Kier molecular flexibility index (Phi) is 3.11. The molecule has 1 saturated carbocycles. The number of carbonyl (C=O) groups is 1. The number of nitrogens with zero attached hydrogens (tertiary/aromatic N) is 1. The number of fused-ring (bicyclic) bond motifs is 1. The minimum atomic E-state index is -0.182. The number of benzene rings is 1. The molecule has 2 aliphatic rings. The maximum atomic E-state index is 12.5. The average Bonchev–Trinajstić information content (AvgIpc) is 3.29. The average molecular weight is 300 g/mol. The molecule has 6 nitrogen and oxygen atoms in total. The van der Waals surface area contributed by atoms with Crippen molar-refractivity contribution in [3.63, 3.8) is 0 Å². The number of ether oxygens (including phenoxy) is 2. The molecule has 1 amide bonds. The van der Waals surface area contributed by atoms with Crippen LogP contribution in [-0.4, -0.2) is 17.9 Å². The molecular formula is C16H16N2O4. The Morgan fingerprint density at radius 2 is 2.23 bits per heavy atom. The van der Waals surface area contributed by atoms with E-state index in [0.29, 0.717) is 29.5 Å². The van der Waals surface area contributed by atoms with Crippen molar-refractivity contribution in [2.24, 2.45) is 0 Å². The number of anilines is 1. The van der Waals surface area contributed by atoms with Gasteiger partial charge < -0.3 is 19.3 Å². The molecular weight excluding hydrogens is 284 g/mol. The predicted molar refractivity (Wildman–Crippen MR) is 77.9 cm³/mol. The Bertz CT molecular complexity index is 734. The van der Waals surface area contributed by atoms with Crippen LogP contribution in [-0.2, 0) is 11.3 Å². The lowest BCUT2D eigenvalue weighted by Crippen LogP contribution is -2.16. The van der Waals surface area contributed by atoms with Crippen molar-refractivity contribution in [3.05, 3.63) is 40.8 Å². The summed E-state index contributed by atoms with van der Waals surface area (Å²) in [6.45, 7) is 2.52. The zero-order chi connectivity index (χ0) is 15.1. The van der Waals surface area contributed by atoms with Crippen LogP contribution in [0, 0.1) is 6.92 Å². The van der Waals surface area contributed by atoms with Crippen molar-refractivity contribution in [2.75, 3.05) is 12.1 Å². The molecule has 0 atom stereocenters. The molecule has 2 aromatic rings. The van der Waals surface area contributed by atoms with Crippen molar-refractivity contribution in [1.29, 1.82) is 0 Å². The molecule has 0 radical (unpaired) electrons. The van der Waals surface area contributed by atoms with Crippen LogP contribution in [0.25, 0.3) is 0 Å². The van der Waals surface area contributed by atoms with Crippen molar-refractivity contribution in [1.82, 2.24) is 5.16 Å². The van der Waals surface area contributed by atoms with Crippen LogP contribution in [0.1, 0.15) is 46.1 Å². The van der Waals surface area contributed by atoms with E-state index in [1.165, 1.54) is 0 Å². The van der Waals surface area contributed by atoms with Crippen LogP contribution in [0.5, 0.6) is 5.75 Å². The molecule has 6 heteroatoms. The molecule has 0 saturated heterocycles. The highest BCUT2D eigenvalue weighted by atomic mass is 16.7. The third-order valence-corrected chi connectivity index (χ3v) is 3.95. The lowest BCUT2D eigenvalue weighted by molar-refractivity contribution is -0.0163. The van der Waals surface area contributed by atoms with Crippen molar-refractivity contribution < 1.29 is 18.8 Å². The van der Waals surface area contributed by atoms with E-state index in [4.69, 9.17) is 14.0 Å². The molecule has 114 valence electrons. The van der Waals surface area contributed by atoms with E-state index in [-0.39, 0.29) is 12.7 Å². The van der Waals surface area contributed by atoms with Crippen LogP contribution in [0.3, 0.4) is 0 Å². The van der Waals surface area contributed by atoms with Gasteiger partial charge in [-0.3, -0.25) is 4.79 Å². The zero-order valence-electron chi connectivity index (χ0n) is 12.2. The fourth-order valence-corrected chi connectivity index (χ4v) is 2.66. The van der Waals surface area contributed by atoms with E-state index in [0.717, 1.165) is 29.8 Å². The number of hydrogen-bond acceptors (Lipinski definition) is 5. The first kappa shape index (κ1) is 13.3. The lowest BCUT2D eigenvalue weighted by Gasteiger charge is -2.18. The molecule has 4 rings (SSSR count). The van der Waals surface area contributed by atoms with Crippen molar-refractivity contribution in [3.8, 4) is 5.75 Å². The molecule has 2 heterocycles. The monoisotopic (exact) mass is 300 g/mol. The fourth-order valence-electron chi connectivity index (χ4n) is 2.66. The largest absolute Gasteiger partial charge is 0.467 e. The van der Waals surface area contributed by atoms with Crippen LogP contribution in [0.2, 0.25) is 0 Å². The van der Waals surface area contributed by atoms with Gasteiger partial charge in [-0.25, -0.2) is 0 Å². The minimum absolute atomic E-state index is 0.182. The first-order valence-electron chi connectivity index (χ1n) is 7.33. The van der Waals surface area contributed by atoms with Crippen LogP contribution < -0.4 is 10.1 Å². The summed E-state index contributed by atoms with van der Waals surface area (Å²) in [5.41, 5.74) is 2.97. The highest BCUT2D eigenvalue weighted by Gasteiger charge is 2.33. The number of rotatable bonds is 3. The fraction of sp³-hybridized carbons (Fsp3) is 0.375. The van der Waals surface area contributed by atoms with E-state index in [9.17, 15) is 4.79 Å². The Labute approximate surface area is 127 Å². The number of hydrogen-bond donors (Lipinski definition) is 1. The third kappa shape index (κ3) is 2.35. The van der Waals surface area contributed by atoms with Crippen molar-refractivity contribution in [2.45, 2.75) is 32.3 Å². The van der Waals surface area contributed by atoms with Gasteiger partial charge in [0.2, 0.25) is 0 Å². The minimum Gasteiger partial charge on any atom is -0.467 e. The van der Waals surface area contributed by atoms with Crippen LogP contribution >= 0.6 is 0 Å². The summed E-state index contributed by atoms with van der Waals surface area (Å²) < 4.78 is 15.8. The zero-order valence-corrected chi connectivity index (χ0v) is 12.2. The smallest absolute Gasteiger partial charge is 0.261 e. The van der Waals surface area contributed by atoms with Gasteiger partial charge in [-0.05, 0) is 38.0 Å². The van der Waals surface area contributed by atoms with Gasteiger partial charge in [-0.1, -0.05) is 5.16 Å². The van der Waals surface area contributed by atoms with Gasteiger partial charge in [0.05, 0.1) is 12.3 Å². The Morgan fingerprint density at radius 3 is 3.05 bits per heavy atom. The Balaban J connectivity index is 1.58. The summed E-state index contributed by atoms with van der Waals surface area (Å²) in [5, 5.41) is 6.94. The quantitative estimate of drug-likeness (QED) is 0.943. The predicted octanol–water partition coefficient (Wildman–Crippen LogP) is 2.98. The normalized spacial score (nSPS) is 16.8. The van der Waals surface area contributed by atoms with Gasteiger partial charge in [0.15, 0.2) is 6.79 Å². The number of amides is 1. The topological polar surface area (TPSA) is 73.6 Å². The third-order valence-electron chi connectivity index (χ3n) is 3.95. The van der Waals surface area contributed by atoms with Gasteiger partial charge in [0.1, 0.15) is 17.1 Å². The maximum Gasteiger partial charge on any atom is 0.261 e. The van der Waals surface area contributed by atoms with E-state index in [1.54, 1.807) is 6.92 Å². The highest BCUT2D eigenvalue weighted by molar-refractivity contribution is 6.06. The number of aromatic nitrogens is 1. The first-order chi connectivity index (χ1) is 10.7. The van der Waals surface area contributed by atoms with Gasteiger partial charge in [0, 0.05) is 17.2 Å². The van der Waals surface area contributed by atoms with Crippen LogP contribution in [0.15, 0.2) is 22.7 Å². The summed E-state index contributed by atoms with van der Waals surface area (Å²) in [5.74, 6) is 1.54. The molecule has 1 aromatic carbocycles. The molecule has 1 N–H and O–H groups in total. The summed E-state index contributed by atoms with van der Waals surface area (Å²) in [6, 6.07) is 5.53. The first-order valence-corrected chi connectivity index (χ1v) is 7.33. The second-order valence-electron chi connectivity index (χ2n) is 5.66. The number of nitrogens with one attached hydrogen (secondary N) is 1. The number of carbonyl (C=O) groups excluding carboxylic acids is 1.